The summed E-state index contributed by atoms with van der Waals surface area (Å²) in [6, 6.07) is 37.7. The minimum absolute atomic E-state index is 0. The molecule has 1 fully saturated rings. The molecule has 0 unspecified atom stereocenters. The standard InChI is InChI=1S/C27H23N2O.C20H26NSi.Ir/c1-17-15-22(18-9-6-5-7-10-18)29-26-24(17)21-12-8-11-20(25(21)30-26)23-16-19(13-14-28-23)27(2,3)4;1-22(2,3)20-15-21-19(17-11-5-4-6-12-17)14-18(20)13-16-9-7-8-10-16;/h5-10,12-16H,1-4H3;4-6,11,14-16H,7-10,13H2,1-3H3;/q2*-1;. The van der Waals surface area contributed by atoms with Crippen LogP contribution in [0.15, 0.2) is 108 Å². The Kier molecular flexibility index (Phi) is 11.6. The number of aromatic nitrogens is 3. The predicted molar refractivity (Wildman–Crippen MR) is 220 cm³/mol. The van der Waals surface area contributed by atoms with E-state index in [1.165, 1.54) is 37.7 Å². The third-order valence-electron chi connectivity index (χ3n) is 10.3. The zero-order chi connectivity index (χ0) is 36.5. The first kappa shape index (κ1) is 38.5. The normalized spacial score (nSPS) is 13.5. The Balaban J connectivity index is 0.000000187. The van der Waals surface area contributed by atoms with Gasteiger partial charge < -0.3 is 14.4 Å². The topological polar surface area (TPSA) is 51.8 Å². The monoisotopic (exact) mass is 892 g/mol. The van der Waals surface area contributed by atoms with E-state index in [-0.39, 0.29) is 25.5 Å². The largest absolute Gasteiger partial charge is 0.486 e. The summed E-state index contributed by atoms with van der Waals surface area (Å²) in [6.45, 7) is 16.0. The Labute approximate surface area is 329 Å². The number of fused-ring (bicyclic) bond motifs is 3. The first-order valence-electron chi connectivity index (χ1n) is 18.7. The van der Waals surface area contributed by atoms with Crippen molar-refractivity contribution >= 4 is 35.3 Å². The number of pyridine rings is 3. The third kappa shape index (κ3) is 8.62. The van der Waals surface area contributed by atoms with Crippen LogP contribution in [0.2, 0.25) is 19.6 Å². The van der Waals surface area contributed by atoms with Gasteiger partial charge in [0.05, 0.1) is 19.4 Å². The molecule has 53 heavy (non-hydrogen) atoms. The van der Waals surface area contributed by atoms with Crippen LogP contribution in [0.5, 0.6) is 0 Å². The van der Waals surface area contributed by atoms with Gasteiger partial charge >= 0.3 is 0 Å². The summed E-state index contributed by atoms with van der Waals surface area (Å²) in [5.74, 6) is 0.880. The van der Waals surface area contributed by atoms with Gasteiger partial charge in [0, 0.05) is 43.4 Å². The van der Waals surface area contributed by atoms with Crippen LogP contribution in [0, 0.1) is 25.0 Å². The summed E-state index contributed by atoms with van der Waals surface area (Å²) in [6.07, 6.45) is 10.9. The number of benzene rings is 3. The molecule has 8 rings (SSSR count). The number of hydrogen-bond acceptors (Lipinski definition) is 4. The van der Waals surface area contributed by atoms with Crippen molar-refractivity contribution in [3.63, 3.8) is 0 Å². The van der Waals surface area contributed by atoms with Crippen LogP contribution in [0.3, 0.4) is 0 Å². The molecule has 273 valence electrons. The van der Waals surface area contributed by atoms with Gasteiger partial charge in [0.15, 0.2) is 0 Å². The van der Waals surface area contributed by atoms with Gasteiger partial charge in [-0.05, 0) is 64.5 Å². The quantitative estimate of drug-likeness (QED) is 0.123. The molecule has 0 atom stereocenters. The first-order valence-corrected chi connectivity index (χ1v) is 22.2. The average Bonchev–Trinajstić information content (AvgIpc) is 3.80. The Morgan fingerprint density at radius 2 is 1.57 bits per heavy atom. The molecule has 1 radical (unpaired) electrons. The summed E-state index contributed by atoms with van der Waals surface area (Å²) in [4.78, 5) is 14.2. The van der Waals surface area contributed by atoms with Gasteiger partial charge in [-0.1, -0.05) is 125 Å². The summed E-state index contributed by atoms with van der Waals surface area (Å²) in [7, 11) is -1.35. The van der Waals surface area contributed by atoms with Crippen molar-refractivity contribution in [2.75, 3.05) is 0 Å². The number of nitrogens with zero attached hydrogens (tertiary/aromatic N) is 3. The van der Waals surface area contributed by atoms with E-state index in [9.17, 15) is 0 Å². The Morgan fingerprint density at radius 1 is 0.811 bits per heavy atom. The van der Waals surface area contributed by atoms with Gasteiger partial charge in [-0.15, -0.1) is 54.1 Å². The van der Waals surface area contributed by atoms with E-state index >= 15 is 0 Å². The first-order chi connectivity index (χ1) is 25.0. The fourth-order valence-electron chi connectivity index (χ4n) is 7.48. The molecule has 0 aliphatic heterocycles. The van der Waals surface area contributed by atoms with E-state index < -0.39 is 8.07 Å². The number of furan rings is 1. The number of aryl methyl sites for hydroxylation is 1. The molecule has 0 bridgehead atoms. The van der Waals surface area contributed by atoms with Crippen LogP contribution >= 0.6 is 0 Å². The Bertz CT molecular complexity index is 2320. The van der Waals surface area contributed by atoms with E-state index in [0.29, 0.717) is 5.71 Å². The van der Waals surface area contributed by atoms with Gasteiger partial charge in [-0.25, -0.2) is 4.98 Å². The number of hydrogen-bond donors (Lipinski definition) is 0. The van der Waals surface area contributed by atoms with Crippen LogP contribution in [-0.2, 0) is 31.9 Å². The predicted octanol–water partition coefficient (Wildman–Crippen LogP) is 11.9. The minimum Gasteiger partial charge on any atom is -0.486 e. The van der Waals surface area contributed by atoms with Crippen LogP contribution in [0.1, 0.15) is 63.1 Å². The van der Waals surface area contributed by atoms with Gasteiger partial charge in [-0.2, -0.15) is 0 Å². The second-order valence-electron chi connectivity index (χ2n) is 16.4. The molecule has 6 heteroatoms. The summed E-state index contributed by atoms with van der Waals surface area (Å²) in [5.41, 5.74) is 11.3. The summed E-state index contributed by atoms with van der Waals surface area (Å²) < 4.78 is 6.32. The smallest absolute Gasteiger partial charge is 0.216 e. The van der Waals surface area contributed by atoms with Gasteiger partial charge in [0.2, 0.25) is 5.71 Å². The molecule has 1 aliphatic rings. The summed E-state index contributed by atoms with van der Waals surface area (Å²) in [5, 5.41) is 3.64. The zero-order valence-corrected chi connectivity index (χ0v) is 35.4. The van der Waals surface area contributed by atoms with Crippen molar-refractivity contribution in [1.29, 1.82) is 0 Å². The van der Waals surface area contributed by atoms with E-state index in [1.54, 1.807) is 10.8 Å². The minimum atomic E-state index is -1.35. The zero-order valence-electron chi connectivity index (χ0n) is 32.0. The second-order valence-corrected chi connectivity index (χ2v) is 21.4. The van der Waals surface area contributed by atoms with Gasteiger partial charge in [-0.3, -0.25) is 0 Å². The molecule has 3 aromatic carbocycles. The maximum absolute atomic E-state index is 6.32. The van der Waals surface area contributed by atoms with Gasteiger partial charge in [0.25, 0.3) is 0 Å². The van der Waals surface area contributed by atoms with E-state index in [1.807, 2.05) is 42.6 Å². The molecule has 1 aliphatic carbocycles. The second kappa shape index (κ2) is 16.0. The molecule has 0 N–H and O–H groups in total. The molecule has 0 spiro atoms. The van der Waals surface area contributed by atoms with Crippen molar-refractivity contribution < 1.29 is 24.5 Å². The molecular weight excluding hydrogens is 843 g/mol. The molecule has 4 heterocycles. The van der Waals surface area contributed by atoms with Crippen molar-refractivity contribution in [3.8, 4) is 33.8 Å². The van der Waals surface area contributed by atoms with Crippen LogP contribution in [-0.4, -0.2) is 23.0 Å². The fraction of sp³-hybridized carbons (Fsp3) is 0.298. The molecule has 0 amide bonds. The maximum atomic E-state index is 6.32. The van der Waals surface area contributed by atoms with E-state index in [0.717, 1.165) is 61.6 Å². The SMILES string of the molecule is C[Si](C)(C)c1cnc(-c2[c-]cccc2)cc1CC1CCCC1.Cc1cc(-c2ccccc2)nc2oc3c(-c4cc(C(C)(C)C)ccn4)[c-]ccc3c12.[Ir]. The van der Waals surface area contributed by atoms with Crippen LogP contribution in [0.4, 0.5) is 0 Å². The van der Waals surface area contributed by atoms with Crippen LogP contribution in [0.25, 0.3) is 55.8 Å². The fourth-order valence-corrected chi connectivity index (χ4v) is 9.07. The van der Waals surface area contributed by atoms with Gasteiger partial charge in [0.1, 0.15) is 0 Å². The molecule has 7 aromatic rings. The number of rotatable bonds is 6. The maximum Gasteiger partial charge on any atom is 0.216 e. The van der Waals surface area contributed by atoms with Crippen molar-refractivity contribution in [2.45, 2.75) is 84.9 Å². The van der Waals surface area contributed by atoms with Crippen molar-refractivity contribution in [1.82, 2.24) is 15.0 Å². The average molecular weight is 892 g/mol. The molecule has 4 nitrogen and oxygen atoms in total. The molecular formula is C47H49IrN3OSi-2. The molecule has 0 saturated heterocycles. The Hall–Kier alpha value is -4.22. The van der Waals surface area contributed by atoms with Crippen molar-refractivity contribution in [3.05, 3.63) is 132 Å². The van der Waals surface area contributed by atoms with E-state index in [2.05, 4.69) is 125 Å². The van der Waals surface area contributed by atoms with E-state index in [4.69, 9.17) is 14.4 Å². The summed E-state index contributed by atoms with van der Waals surface area (Å²) >= 11 is 0. The van der Waals surface area contributed by atoms with Crippen LogP contribution < -0.4 is 5.19 Å². The van der Waals surface area contributed by atoms with Crippen molar-refractivity contribution in [2.24, 2.45) is 5.92 Å². The Morgan fingerprint density at radius 3 is 2.26 bits per heavy atom. The molecule has 4 aromatic heterocycles. The third-order valence-corrected chi connectivity index (χ3v) is 12.4. The molecule has 1 saturated carbocycles.